The predicted octanol–water partition coefficient (Wildman–Crippen LogP) is 2.42. The largest absolute Gasteiger partial charge is 0.352 e. The molecule has 6 heteroatoms. The van der Waals surface area contributed by atoms with E-state index in [4.69, 9.17) is 0 Å². The highest BCUT2D eigenvalue weighted by molar-refractivity contribution is 5.99. The van der Waals surface area contributed by atoms with Crippen molar-refractivity contribution in [3.63, 3.8) is 0 Å². The Hall–Kier alpha value is -2.89. The van der Waals surface area contributed by atoms with Crippen LogP contribution in [0.15, 0.2) is 47.5 Å². The first-order chi connectivity index (χ1) is 12.8. The first-order valence-corrected chi connectivity index (χ1v) is 9.15. The molecular formula is C21H27N3O3. The van der Waals surface area contributed by atoms with E-state index in [0.29, 0.717) is 13.1 Å². The number of benzene rings is 1. The second-order valence-electron chi connectivity index (χ2n) is 7.30. The first kappa shape index (κ1) is 20.4. The van der Waals surface area contributed by atoms with Crippen LogP contribution in [0.4, 0.5) is 0 Å². The van der Waals surface area contributed by atoms with Crippen LogP contribution in [0.5, 0.6) is 0 Å². The summed E-state index contributed by atoms with van der Waals surface area (Å²) < 4.78 is 1.70. The lowest BCUT2D eigenvalue weighted by atomic mass is 10.1. The lowest BCUT2D eigenvalue weighted by Crippen LogP contribution is -2.38. The van der Waals surface area contributed by atoms with Crippen molar-refractivity contribution in [2.75, 3.05) is 6.54 Å². The molecule has 0 saturated carbocycles. The first-order valence-electron chi connectivity index (χ1n) is 9.15. The van der Waals surface area contributed by atoms with Gasteiger partial charge in [-0.25, -0.2) is 0 Å². The zero-order valence-electron chi connectivity index (χ0n) is 16.3. The minimum atomic E-state index is -0.557. The molecular weight excluding hydrogens is 342 g/mol. The van der Waals surface area contributed by atoms with Crippen molar-refractivity contribution in [2.24, 2.45) is 5.92 Å². The summed E-state index contributed by atoms with van der Waals surface area (Å²) in [5.41, 5.74) is 0.392. The second-order valence-corrected chi connectivity index (χ2v) is 7.30. The van der Waals surface area contributed by atoms with E-state index in [1.807, 2.05) is 58.0 Å². The van der Waals surface area contributed by atoms with Crippen molar-refractivity contribution in [1.29, 1.82) is 0 Å². The smallest absolute Gasteiger partial charge is 0.256 e. The number of hydrogen-bond donors (Lipinski definition) is 2. The summed E-state index contributed by atoms with van der Waals surface area (Å²) in [6.07, 6.45) is 3.02. The highest BCUT2D eigenvalue weighted by atomic mass is 16.2. The van der Waals surface area contributed by atoms with Crippen molar-refractivity contribution in [2.45, 2.75) is 40.3 Å². The molecule has 1 heterocycles. The van der Waals surface area contributed by atoms with E-state index in [1.165, 1.54) is 12.4 Å². The van der Waals surface area contributed by atoms with Crippen LogP contribution in [0.25, 0.3) is 0 Å². The zero-order chi connectivity index (χ0) is 20.0. The van der Waals surface area contributed by atoms with Crippen molar-refractivity contribution in [3.05, 3.63) is 69.6 Å². The van der Waals surface area contributed by atoms with E-state index in [2.05, 4.69) is 10.6 Å². The zero-order valence-corrected chi connectivity index (χ0v) is 16.3. The molecule has 0 bridgehead atoms. The number of rotatable bonds is 7. The summed E-state index contributed by atoms with van der Waals surface area (Å²) in [7, 11) is 0. The third-order valence-electron chi connectivity index (χ3n) is 3.87. The molecule has 0 saturated heterocycles. The number of nitrogens with one attached hydrogen (secondary N) is 2. The fourth-order valence-corrected chi connectivity index (χ4v) is 2.57. The number of aromatic nitrogens is 1. The van der Waals surface area contributed by atoms with Gasteiger partial charge in [0, 0.05) is 31.5 Å². The van der Waals surface area contributed by atoms with E-state index >= 15 is 0 Å². The van der Waals surface area contributed by atoms with E-state index in [0.717, 1.165) is 5.56 Å². The van der Waals surface area contributed by atoms with Crippen molar-refractivity contribution in [3.8, 4) is 0 Å². The highest BCUT2D eigenvalue weighted by Gasteiger charge is 2.20. The van der Waals surface area contributed by atoms with Crippen LogP contribution in [0.1, 0.15) is 54.0 Å². The Balaban J connectivity index is 2.44. The maximum absolute atomic E-state index is 12.7. The molecule has 1 aromatic carbocycles. The van der Waals surface area contributed by atoms with Gasteiger partial charge in [-0.3, -0.25) is 14.4 Å². The molecule has 0 radical (unpaired) electrons. The van der Waals surface area contributed by atoms with Crippen LogP contribution < -0.4 is 16.1 Å². The van der Waals surface area contributed by atoms with Crippen LogP contribution in [0.3, 0.4) is 0 Å². The Bertz CT molecular complexity index is 855. The van der Waals surface area contributed by atoms with Gasteiger partial charge in [0.1, 0.15) is 11.1 Å². The Morgan fingerprint density at radius 3 is 2.11 bits per heavy atom. The Morgan fingerprint density at radius 1 is 0.963 bits per heavy atom. The summed E-state index contributed by atoms with van der Waals surface area (Å²) in [5.74, 6) is -0.682. The molecule has 27 heavy (non-hydrogen) atoms. The molecule has 0 fully saturated rings. The van der Waals surface area contributed by atoms with Gasteiger partial charge in [-0.2, -0.15) is 0 Å². The predicted molar refractivity (Wildman–Crippen MR) is 106 cm³/mol. The second kappa shape index (κ2) is 9.16. The number of pyridine rings is 1. The monoisotopic (exact) mass is 369 g/mol. The SMILES string of the molecule is CC(C)CNC(=O)c1cn(Cc2ccccc2)cc(C(=O)NC(C)C)c1=O. The number of carbonyl (C=O) groups excluding carboxylic acids is 2. The maximum Gasteiger partial charge on any atom is 0.256 e. The van der Waals surface area contributed by atoms with Crippen LogP contribution in [0, 0.1) is 5.92 Å². The van der Waals surface area contributed by atoms with Gasteiger partial charge in [-0.05, 0) is 25.3 Å². The van der Waals surface area contributed by atoms with Gasteiger partial charge < -0.3 is 15.2 Å². The fourth-order valence-electron chi connectivity index (χ4n) is 2.57. The molecule has 2 rings (SSSR count). The average Bonchev–Trinajstić information content (AvgIpc) is 2.61. The summed E-state index contributed by atoms with van der Waals surface area (Å²) in [5, 5.41) is 5.48. The minimum absolute atomic E-state index is 0.0250. The molecule has 0 atom stereocenters. The Morgan fingerprint density at radius 2 is 1.56 bits per heavy atom. The molecule has 0 aliphatic carbocycles. The van der Waals surface area contributed by atoms with E-state index in [-0.39, 0.29) is 23.1 Å². The van der Waals surface area contributed by atoms with E-state index in [9.17, 15) is 14.4 Å². The van der Waals surface area contributed by atoms with Gasteiger partial charge in [-0.15, -0.1) is 0 Å². The van der Waals surface area contributed by atoms with Gasteiger partial charge in [0.25, 0.3) is 11.8 Å². The third kappa shape index (κ3) is 5.81. The summed E-state index contributed by atoms with van der Waals surface area (Å²) in [6, 6.07) is 9.54. The van der Waals surface area contributed by atoms with Gasteiger partial charge in [-0.1, -0.05) is 44.2 Å². The number of carbonyl (C=O) groups is 2. The quantitative estimate of drug-likeness (QED) is 0.787. The molecule has 0 aliphatic heterocycles. The van der Waals surface area contributed by atoms with Crippen LogP contribution in [-0.4, -0.2) is 29.0 Å². The maximum atomic E-state index is 12.7. The van der Waals surface area contributed by atoms with Gasteiger partial charge in [0.2, 0.25) is 5.43 Å². The lowest BCUT2D eigenvalue weighted by Gasteiger charge is -2.14. The molecule has 2 aromatic rings. The third-order valence-corrected chi connectivity index (χ3v) is 3.87. The van der Waals surface area contributed by atoms with Gasteiger partial charge >= 0.3 is 0 Å². The van der Waals surface area contributed by atoms with E-state index in [1.54, 1.807) is 4.57 Å². The number of nitrogens with zero attached hydrogens (tertiary/aromatic N) is 1. The Kier molecular flexibility index (Phi) is 6.93. The lowest BCUT2D eigenvalue weighted by molar-refractivity contribution is 0.0941. The molecule has 0 aliphatic rings. The minimum Gasteiger partial charge on any atom is -0.352 e. The van der Waals surface area contributed by atoms with Gasteiger partial charge in [0.15, 0.2) is 0 Å². The van der Waals surface area contributed by atoms with E-state index < -0.39 is 17.2 Å². The molecule has 0 unspecified atom stereocenters. The standard InChI is InChI=1S/C21H27N3O3/c1-14(2)10-22-20(26)17-12-24(11-16-8-6-5-7-9-16)13-18(19(17)25)21(27)23-15(3)4/h5-9,12-15H,10-11H2,1-4H3,(H,22,26)(H,23,27). The number of amides is 2. The van der Waals surface area contributed by atoms with Crippen LogP contribution in [-0.2, 0) is 6.54 Å². The molecule has 2 amide bonds. The molecule has 6 nitrogen and oxygen atoms in total. The summed E-state index contributed by atoms with van der Waals surface area (Å²) in [4.78, 5) is 37.7. The van der Waals surface area contributed by atoms with Crippen LogP contribution in [0.2, 0.25) is 0 Å². The summed E-state index contributed by atoms with van der Waals surface area (Å²) >= 11 is 0. The molecule has 144 valence electrons. The van der Waals surface area contributed by atoms with Crippen molar-refractivity contribution >= 4 is 11.8 Å². The highest BCUT2D eigenvalue weighted by Crippen LogP contribution is 2.06. The number of hydrogen-bond acceptors (Lipinski definition) is 3. The molecule has 1 aromatic heterocycles. The summed E-state index contributed by atoms with van der Waals surface area (Å²) in [6.45, 7) is 8.49. The topological polar surface area (TPSA) is 80.2 Å². The van der Waals surface area contributed by atoms with Crippen LogP contribution >= 0.6 is 0 Å². The average molecular weight is 369 g/mol. The fraction of sp³-hybridized carbons (Fsp3) is 0.381. The van der Waals surface area contributed by atoms with Gasteiger partial charge in [0.05, 0.1) is 0 Å². The molecule has 2 N–H and O–H groups in total. The Labute approximate surface area is 159 Å². The molecule has 0 spiro atoms. The van der Waals surface area contributed by atoms with Crippen molar-refractivity contribution < 1.29 is 9.59 Å². The normalized spacial score (nSPS) is 10.9. The van der Waals surface area contributed by atoms with Crippen molar-refractivity contribution in [1.82, 2.24) is 15.2 Å².